The molecule has 4 heteroatoms. The molecule has 0 spiro atoms. The number of nitrogens with two attached hydrogens (primary N) is 1. The first kappa shape index (κ1) is 19.5. The van der Waals surface area contributed by atoms with Crippen LogP contribution in [0.3, 0.4) is 0 Å². The zero-order valence-electron chi connectivity index (χ0n) is 15.9. The van der Waals surface area contributed by atoms with E-state index in [-0.39, 0.29) is 0 Å². The first-order valence-electron chi connectivity index (χ1n) is 9.70. The highest BCUT2D eigenvalue weighted by molar-refractivity contribution is 5.78. The minimum atomic E-state index is 0.384. The van der Waals surface area contributed by atoms with Crippen LogP contribution in [-0.4, -0.2) is 16.1 Å². The van der Waals surface area contributed by atoms with E-state index >= 15 is 0 Å². The van der Waals surface area contributed by atoms with Gasteiger partial charge in [0.2, 0.25) is 0 Å². The Labute approximate surface area is 152 Å². The molecule has 25 heavy (non-hydrogen) atoms. The molecule has 1 aromatic heterocycles. The van der Waals surface area contributed by atoms with Crippen molar-refractivity contribution in [2.24, 2.45) is 5.73 Å². The number of aryl methyl sites for hydroxylation is 3. The third-order valence-electron chi connectivity index (χ3n) is 5.03. The van der Waals surface area contributed by atoms with Crippen molar-refractivity contribution < 1.29 is 0 Å². The molecule has 2 rings (SSSR count). The third-order valence-corrected chi connectivity index (χ3v) is 5.03. The summed E-state index contributed by atoms with van der Waals surface area (Å²) in [6, 6.07) is 6.59. The molecule has 0 unspecified atom stereocenters. The molecular weight excluding hydrogens is 308 g/mol. The average Bonchev–Trinajstić information content (AvgIpc) is 2.91. The standard InChI is InChI=1S/C21H32N4/c1-17-15-19-20(16-18(17)2)25(14-13-23)21(24-19)11-9-7-5-3-4-6-8-10-12-22/h15-16H,3-12,14,22H2,1-2H3. The largest absolute Gasteiger partial charge is 0.330 e. The zero-order chi connectivity index (χ0) is 18.1. The number of imidazole rings is 1. The van der Waals surface area contributed by atoms with Crippen LogP contribution in [0.5, 0.6) is 0 Å². The maximum Gasteiger partial charge on any atom is 0.111 e. The molecule has 0 amide bonds. The summed E-state index contributed by atoms with van der Waals surface area (Å²) in [4.78, 5) is 4.80. The summed E-state index contributed by atoms with van der Waals surface area (Å²) in [6.07, 6.45) is 11.0. The number of hydrogen-bond acceptors (Lipinski definition) is 3. The molecule has 0 fully saturated rings. The van der Waals surface area contributed by atoms with Gasteiger partial charge >= 0.3 is 0 Å². The van der Waals surface area contributed by atoms with Crippen molar-refractivity contribution in [2.45, 2.75) is 78.2 Å². The molecule has 0 aliphatic rings. The van der Waals surface area contributed by atoms with Crippen LogP contribution in [0.15, 0.2) is 12.1 Å². The maximum absolute atomic E-state index is 9.17. The molecule has 136 valence electrons. The highest BCUT2D eigenvalue weighted by atomic mass is 15.1. The lowest BCUT2D eigenvalue weighted by Gasteiger charge is -2.06. The van der Waals surface area contributed by atoms with Crippen LogP contribution in [0.25, 0.3) is 11.0 Å². The smallest absolute Gasteiger partial charge is 0.111 e. The van der Waals surface area contributed by atoms with Crippen LogP contribution in [0.4, 0.5) is 0 Å². The molecular formula is C21H32N4. The fourth-order valence-electron chi connectivity index (χ4n) is 3.36. The van der Waals surface area contributed by atoms with Crippen LogP contribution in [0.1, 0.15) is 68.3 Å². The minimum Gasteiger partial charge on any atom is -0.330 e. The van der Waals surface area contributed by atoms with E-state index in [1.165, 1.54) is 49.7 Å². The van der Waals surface area contributed by atoms with Gasteiger partial charge in [0, 0.05) is 6.42 Å². The SMILES string of the molecule is Cc1cc2nc(CCCCCCCCCCN)n(CC#N)c2cc1C. The van der Waals surface area contributed by atoms with Gasteiger partial charge in [-0.25, -0.2) is 4.98 Å². The van der Waals surface area contributed by atoms with Crippen molar-refractivity contribution in [3.8, 4) is 6.07 Å². The molecule has 2 aromatic rings. The summed E-state index contributed by atoms with van der Waals surface area (Å²) in [5, 5.41) is 9.17. The summed E-state index contributed by atoms with van der Waals surface area (Å²) in [5.74, 6) is 1.06. The molecule has 1 heterocycles. The van der Waals surface area contributed by atoms with Crippen molar-refractivity contribution in [2.75, 3.05) is 6.54 Å². The van der Waals surface area contributed by atoms with E-state index in [4.69, 9.17) is 16.0 Å². The van der Waals surface area contributed by atoms with E-state index in [1.807, 2.05) is 0 Å². The molecule has 2 N–H and O–H groups in total. The second-order valence-corrected chi connectivity index (χ2v) is 7.06. The molecule has 0 radical (unpaired) electrons. The van der Waals surface area contributed by atoms with Crippen LogP contribution in [0.2, 0.25) is 0 Å². The van der Waals surface area contributed by atoms with Gasteiger partial charge in [0.25, 0.3) is 0 Å². The van der Waals surface area contributed by atoms with Gasteiger partial charge in [0.15, 0.2) is 0 Å². The Morgan fingerprint density at radius 2 is 1.56 bits per heavy atom. The third kappa shape index (κ3) is 5.57. The number of benzene rings is 1. The number of fused-ring (bicyclic) bond motifs is 1. The maximum atomic E-state index is 9.17. The number of aromatic nitrogens is 2. The number of rotatable bonds is 11. The highest BCUT2D eigenvalue weighted by Gasteiger charge is 2.11. The van der Waals surface area contributed by atoms with Crippen LogP contribution >= 0.6 is 0 Å². The number of nitrogens with zero attached hydrogens (tertiary/aromatic N) is 3. The molecule has 4 nitrogen and oxygen atoms in total. The quantitative estimate of drug-likeness (QED) is 0.597. The van der Waals surface area contributed by atoms with Gasteiger partial charge in [-0.2, -0.15) is 5.26 Å². The average molecular weight is 341 g/mol. The van der Waals surface area contributed by atoms with E-state index in [9.17, 15) is 0 Å². The number of nitriles is 1. The van der Waals surface area contributed by atoms with Gasteiger partial charge in [-0.3, -0.25) is 0 Å². The fourth-order valence-corrected chi connectivity index (χ4v) is 3.36. The lowest BCUT2D eigenvalue weighted by molar-refractivity contribution is 0.563. The topological polar surface area (TPSA) is 67.6 Å². The molecule has 1 aromatic carbocycles. The lowest BCUT2D eigenvalue weighted by Crippen LogP contribution is -2.03. The van der Waals surface area contributed by atoms with Crippen LogP contribution in [-0.2, 0) is 13.0 Å². The highest BCUT2D eigenvalue weighted by Crippen LogP contribution is 2.22. The van der Waals surface area contributed by atoms with Crippen molar-refractivity contribution >= 4 is 11.0 Å². The lowest BCUT2D eigenvalue weighted by atomic mass is 10.1. The van der Waals surface area contributed by atoms with Gasteiger partial charge in [-0.05, 0) is 56.5 Å². The molecule has 0 saturated carbocycles. The molecule has 0 aliphatic heterocycles. The minimum absolute atomic E-state index is 0.384. The Bertz CT molecular complexity index is 709. The van der Waals surface area contributed by atoms with E-state index < -0.39 is 0 Å². The molecule has 0 atom stereocenters. The second kappa shape index (κ2) is 10.2. The summed E-state index contributed by atoms with van der Waals surface area (Å²) in [5.41, 5.74) is 10.1. The number of hydrogen-bond donors (Lipinski definition) is 1. The first-order chi connectivity index (χ1) is 12.2. The van der Waals surface area contributed by atoms with Crippen LogP contribution < -0.4 is 5.73 Å². The van der Waals surface area contributed by atoms with Gasteiger partial charge in [0.05, 0.1) is 17.1 Å². The Hall–Kier alpha value is -1.86. The normalized spacial score (nSPS) is 11.1. The van der Waals surface area contributed by atoms with Gasteiger partial charge in [-0.1, -0.05) is 38.5 Å². The predicted molar refractivity (Wildman–Crippen MR) is 105 cm³/mol. The Morgan fingerprint density at radius 3 is 2.20 bits per heavy atom. The zero-order valence-corrected chi connectivity index (χ0v) is 15.9. The molecule has 0 saturated heterocycles. The van der Waals surface area contributed by atoms with Gasteiger partial charge in [0.1, 0.15) is 12.4 Å². The second-order valence-electron chi connectivity index (χ2n) is 7.06. The first-order valence-corrected chi connectivity index (χ1v) is 9.70. The van der Waals surface area contributed by atoms with E-state index in [0.717, 1.165) is 42.7 Å². The molecule has 0 bridgehead atoms. The summed E-state index contributed by atoms with van der Waals surface area (Å²) in [7, 11) is 0. The monoisotopic (exact) mass is 340 g/mol. The Morgan fingerprint density at radius 1 is 0.960 bits per heavy atom. The predicted octanol–water partition coefficient (Wildman–Crippen LogP) is 4.80. The summed E-state index contributed by atoms with van der Waals surface area (Å²) >= 11 is 0. The Balaban J connectivity index is 1.86. The summed E-state index contributed by atoms with van der Waals surface area (Å²) < 4.78 is 2.09. The fraction of sp³-hybridized carbons (Fsp3) is 0.619. The van der Waals surface area contributed by atoms with Crippen molar-refractivity contribution in [1.29, 1.82) is 5.26 Å². The van der Waals surface area contributed by atoms with E-state index in [2.05, 4.69) is 36.6 Å². The van der Waals surface area contributed by atoms with Crippen molar-refractivity contribution in [3.63, 3.8) is 0 Å². The van der Waals surface area contributed by atoms with Crippen molar-refractivity contribution in [3.05, 3.63) is 29.1 Å². The number of unbranched alkanes of at least 4 members (excludes halogenated alkanes) is 7. The van der Waals surface area contributed by atoms with Crippen LogP contribution in [0, 0.1) is 25.2 Å². The van der Waals surface area contributed by atoms with E-state index in [1.54, 1.807) is 0 Å². The Kier molecular flexibility index (Phi) is 7.94. The van der Waals surface area contributed by atoms with E-state index in [0.29, 0.717) is 6.54 Å². The molecule has 0 aliphatic carbocycles. The van der Waals surface area contributed by atoms with Crippen molar-refractivity contribution in [1.82, 2.24) is 9.55 Å². The summed E-state index contributed by atoms with van der Waals surface area (Å²) in [6.45, 7) is 5.44. The van der Waals surface area contributed by atoms with Gasteiger partial charge in [-0.15, -0.1) is 0 Å². The van der Waals surface area contributed by atoms with Gasteiger partial charge < -0.3 is 10.3 Å².